The number of oxazole rings is 1. The quantitative estimate of drug-likeness (QED) is 0.463. The molecule has 0 bridgehead atoms. The number of carbonyl (C=O) groups is 1. The first-order valence-electron chi connectivity index (χ1n) is 9.16. The zero-order chi connectivity index (χ0) is 19.5. The second-order valence-corrected chi connectivity index (χ2v) is 6.72. The average Bonchev–Trinajstić information content (AvgIpc) is 3.41. The van der Waals surface area contributed by atoms with E-state index in [0.717, 1.165) is 37.2 Å². The van der Waals surface area contributed by atoms with E-state index in [9.17, 15) is 4.79 Å². The van der Waals surface area contributed by atoms with Crippen molar-refractivity contribution in [2.24, 2.45) is 0 Å². The lowest BCUT2D eigenvalue weighted by atomic mass is 10.1. The van der Waals surface area contributed by atoms with Gasteiger partial charge in [0, 0.05) is 47.4 Å². The van der Waals surface area contributed by atoms with E-state index in [1.165, 1.54) is 6.21 Å². The van der Waals surface area contributed by atoms with Gasteiger partial charge in [-0.1, -0.05) is 12.1 Å². The van der Waals surface area contributed by atoms with Crippen LogP contribution in [0.3, 0.4) is 0 Å². The first-order chi connectivity index (χ1) is 13.6. The van der Waals surface area contributed by atoms with E-state index in [-0.39, 0.29) is 5.91 Å². The van der Waals surface area contributed by atoms with Crippen LogP contribution < -0.4 is 11.1 Å². The van der Waals surface area contributed by atoms with Crippen LogP contribution in [0.15, 0.2) is 53.1 Å². The summed E-state index contributed by atoms with van der Waals surface area (Å²) in [6, 6.07) is 13.0. The summed E-state index contributed by atoms with van der Waals surface area (Å²) in [4.78, 5) is 18.6. The van der Waals surface area contributed by atoms with Gasteiger partial charge >= 0.3 is 0 Å². The van der Waals surface area contributed by atoms with E-state index in [2.05, 4.69) is 10.3 Å². The van der Waals surface area contributed by atoms with Gasteiger partial charge in [-0.05, 0) is 43.2 Å². The molecule has 28 heavy (non-hydrogen) atoms. The number of benzene rings is 2. The van der Waals surface area contributed by atoms with Gasteiger partial charge in [0.1, 0.15) is 0 Å². The number of amides is 1. The molecule has 2 aromatic carbocycles. The lowest BCUT2D eigenvalue weighted by molar-refractivity contribution is 0.0793. The Hall–Kier alpha value is -3.61. The summed E-state index contributed by atoms with van der Waals surface area (Å²) in [5.74, 6) is 0.680. The SMILES string of the molecule is N=Cc1cc(Nc2ncc(-c3ccc(C(=O)N4CCCC4)cc3)o2)ccc1N. The largest absolute Gasteiger partial charge is 0.423 e. The maximum absolute atomic E-state index is 12.4. The van der Waals surface area contributed by atoms with Crippen LogP contribution in [0.25, 0.3) is 11.3 Å². The molecule has 0 saturated carbocycles. The first-order valence-corrected chi connectivity index (χ1v) is 9.16. The first kappa shape index (κ1) is 17.8. The van der Waals surface area contributed by atoms with Crippen LogP contribution in [-0.2, 0) is 0 Å². The van der Waals surface area contributed by atoms with Gasteiger partial charge in [-0.25, -0.2) is 4.98 Å². The van der Waals surface area contributed by atoms with Crippen molar-refractivity contribution < 1.29 is 9.21 Å². The highest BCUT2D eigenvalue weighted by atomic mass is 16.4. The van der Waals surface area contributed by atoms with Crippen LogP contribution in [0.4, 0.5) is 17.4 Å². The molecule has 1 saturated heterocycles. The Bertz CT molecular complexity index is 1000. The van der Waals surface area contributed by atoms with Crippen molar-refractivity contribution in [1.29, 1.82) is 5.41 Å². The van der Waals surface area contributed by atoms with Crippen molar-refractivity contribution in [3.05, 3.63) is 59.8 Å². The van der Waals surface area contributed by atoms with Crippen molar-refractivity contribution in [3.8, 4) is 11.3 Å². The summed E-state index contributed by atoms with van der Waals surface area (Å²) in [5.41, 5.74) is 9.22. The van der Waals surface area contributed by atoms with Gasteiger partial charge in [0.15, 0.2) is 5.76 Å². The molecule has 2 heterocycles. The molecule has 1 amide bonds. The lowest BCUT2D eigenvalue weighted by Crippen LogP contribution is -2.27. The molecular weight excluding hydrogens is 354 g/mol. The minimum Gasteiger partial charge on any atom is -0.423 e. The van der Waals surface area contributed by atoms with Gasteiger partial charge < -0.3 is 25.8 Å². The maximum Gasteiger partial charge on any atom is 0.299 e. The Labute approximate surface area is 162 Å². The molecule has 1 aromatic heterocycles. The van der Waals surface area contributed by atoms with Gasteiger partial charge in [0.05, 0.1) is 6.20 Å². The highest BCUT2D eigenvalue weighted by Crippen LogP contribution is 2.26. The summed E-state index contributed by atoms with van der Waals surface area (Å²) in [7, 11) is 0. The number of nitrogens with zero attached hydrogens (tertiary/aromatic N) is 2. The number of nitrogens with one attached hydrogen (secondary N) is 2. The smallest absolute Gasteiger partial charge is 0.299 e. The number of hydrogen-bond acceptors (Lipinski definition) is 6. The average molecular weight is 375 g/mol. The van der Waals surface area contributed by atoms with Gasteiger partial charge in [-0.3, -0.25) is 4.79 Å². The Kier molecular flexibility index (Phi) is 4.80. The van der Waals surface area contributed by atoms with E-state index in [1.54, 1.807) is 24.4 Å². The molecule has 4 N–H and O–H groups in total. The molecule has 4 rings (SSSR count). The van der Waals surface area contributed by atoms with Crippen LogP contribution in [0.2, 0.25) is 0 Å². The van der Waals surface area contributed by atoms with E-state index in [4.69, 9.17) is 15.6 Å². The lowest BCUT2D eigenvalue weighted by Gasteiger charge is -2.15. The normalized spacial score (nSPS) is 13.5. The highest BCUT2D eigenvalue weighted by molar-refractivity contribution is 5.94. The van der Waals surface area contributed by atoms with Gasteiger partial charge in [-0.2, -0.15) is 0 Å². The van der Waals surface area contributed by atoms with Crippen LogP contribution >= 0.6 is 0 Å². The van der Waals surface area contributed by atoms with Crippen LogP contribution in [0.1, 0.15) is 28.8 Å². The molecule has 0 unspecified atom stereocenters. The standard InChI is InChI=1S/C21H21N5O2/c22-12-16-11-17(7-8-18(16)23)25-21-24-13-19(28-21)14-3-5-15(6-4-14)20(27)26-9-1-2-10-26/h3-8,11-13,22H,1-2,9-10,23H2,(H,24,25). The number of anilines is 3. The molecular formula is C21H21N5O2. The predicted octanol–water partition coefficient (Wildman–Crippen LogP) is 3.90. The second kappa shape index (κ2) is 7.56. The van der Waals surface area contributed by atoms with E-state index in [0.29, 0.717) is 28.6 Å². The Morgan fingerprint density at radius 1 is 1.18 bits per heavy atom. The summed E-state index contributed by atoms with van der Waals surface area (Å²) < 4.78 is 5.77. The van der Waals surface area contributed by atoms with Crippen molar-refractivity contribution in [1.82, 2.24) is 9.88 Å². The molecule has 0 aliphatic carbocycles. The molecule has 142 valence electrons. The number of hydrogen-bond donors (Lipinski definition) is 3. The molecule has 1 aliphatic heterocycles. The van der Waals surface area contributed by atoms with E-state index >= 15 is 0 Å². The molecule has 1 aliphatic rings. The fraction of sp³-hybridized carbons (Fsp3) is 0.190. The third-order valence-corrected chi connectivity index (χ3v) is 4.81. The summed E-state index contributed by atoms with van der Waals surface area (Å²) in [6.45, 7) is 1.67. The third kappa shape index (κ3) is 3.59. The molecule has 7 heteroatoms. The summed E-state index contributed by atoms with van der Waals surface area (Å²) in [6.07, 6.45) is 4.99. The maximum atomic E-state index is 12.4. The van der Waals surface area contributed by atoms with E-state index < -0.39 is 0 Å². The Morgan fingerprint density at radius 2 is 1.93 bits per heavy atom. The second-order valence-electron chi connectivity index (χ2n) is 6.72. The van der Waals surface area contributed by atoms with Crippen molar-refractivity contribution in [2.45, 2.75) is 12.8 Å². The third-order valence-electron chi connectivity index (χ3n) is 4.81. The Balaban J connectivity index is 1.48. The Morgan fingerprint density at radius 3 is 2.64 bits per heavy atom. The molecule has 7 nitrogen and oxygen atoms in total. The minimum atomic E-state index is 0.0781. The zero-order valence-corrected chi connectivity index (χ0v) is 15.3. The van der Waals surface area contributed by atoms with Crippen molar-refractivity contribution in [3.63, 3.8) is 0 Å². The van der Waals surface area contributed by atoms with Gasteiger partial charge in [0.25, 0.3) is 11.9 Å². The fourth-order valence-corrected chi connectivity index (χ4v) is 3.25. The predicted molar refractivity (Wildman–Crippen MR) is 109 cm³/mol. The number of nitrogens with two attached hydrogens (primary N) is 1. The molecule has 1 fully saturated rings. The number of carbonyl (C=O) groups excluding carboxylic acids is 1. The zero-order valence-electron chi connectivity index (χ0n) is 15.3. The minimum absolute atomic E-state index is 0.0781. The monoisotopic (exact) mass is 375 g/mol. The number of aromatic nitrogens is 1. The fourth-order valence-electron chi connectivity index (χ4n) is 3.25. The van der Waals surface area contributed by atoms with Crippen LogP contribution in [0.5, 0.6) is 0 Å². The van der Waals surface area contributed by atoms with Gasteiger partial charge in [-0.15, -0.1) is 0 Å². The van der Waals surface area contributed by atoms with Crippen molar-refractivity contribution in [2.75, 3.05) is 24.1 Å². The highest BCUT2D eigenvalue weighted by Gasteiger charge is 2.19. The summed E-state index contributed by atoms with van der Waals surface area (Å²) >= 11 is 0. The van der Waals surface area contributed by atoms with Gasteiger partial charge in [0.2, 0.25) is 0 Å². The number of likely N-dealkylation sites (tertiary alicyclic amines) is 1. The molecule has 0 spiro atoms. The number of rotatable bonds is 5. The molecule has 0 atom stereocenters. The summed E-state index contributed by atoms with van der Waals surface area (Å²) in [5, 5.41) is 10.4. The van der Waals surface area contributed by atoms with Crippen LogP contribution in [-0.4, -0.2) is 35.1 Å². The van der Waals surface area contributed by atoms with Crippen molar-refractivity contribution >= 4 is 29.5 Å². The molecule has 0 radical (unpaired) electrons. The molecule has 3 aromatic rings. The topological polar surface area (TPSA) is 108 Å². The number of nitrogen functional groups attached to an aromatic ring is 1. The van der Waals surface area contributed by atoms with E-state index in [1.807, 2.05) is 29.2 Å². The van der Waals surface area contributed by atoms with Crippen LogP contribution in [0, 0.1) is 5.41 Å².